The van der Waals surface area contributed by atoms with Gasteiger partial charge in [-0.3, -0.25) is 4.79 Å². The summed E-state index contributed by atoms with van der Waals surface area (Å²) in [5.74, 6) is 1.33. The zero-order chi connectivity index (χ0) is 28.3. The highest BCUT2D eigenvalue weighted by Gasteiger charge is 2.27. The Morgan fingerprint density at radius 1 is 0.925 bits per heavy atom. The maximum atomic E-state index is 13.3. The number of carbonyl (C=O) groups is 1. The maximum absolute atomic E-state index is 13.3. The van der Waals surface area contributed by atoms with Gasteiger partial charge >= 0.3 is 0 Å². The number of methoxy groups -OCH3 is 2. The van der Waals surface area contributed by atoms with E-state index in [4.69, 9.17) is 14.5 Å². The van der Waals surface area contributed by atoms with Gasteiger partial charge < -0.3 is 19.3 Å². The van der Waals surface area contributed by atoms with Gasteiger partial charge in [0, 0.05) is 44.8 Å². The second-order valence-corrected chi connectivity index (χ2v) is 12.3. The molecule has 1 amide bonds. The van der Waals surface area contributed by atoms with E-state index in [1.807, 2.05) is 49.4 Å². The maximum Gasteiger partial charge on any atom is 0.253 e. The van der Waals surface area contributed by atoms with Crippen LogP contribution in [0.3, 0.4) is 0 Å². The number of benzene rings is 3. The van der Waals surface area contributed by atoms with E-state index >= 15 is 0 Å². The highest BCUT2D eigenvalue weighted by atomic mass is 32.2. The minimum Gasteiger partial charge on any atom is -0.495 e. The minimum absolute atomic E-state index is 0.118. The molecule has 1 aliphatic heterocycles. The summed E-state index contributed by atoms with van der Waals surface area (Å²) in [5, 5.41) is 0.857. The van der Waals surface area contributed by atoms with Crippen molar-refractivity contribution in [1.29, 1.82) is 0 Å². The van der Waals surface area contributed by atoms with Crippen LogP contribution in [0.2, 0.25) is 0 Å². The first-order chi connectivity index (χ1) is 19.3. The van der Waals surface area contributed by atoms with Crippen LogP contribution >= 0.6 is 11.3 Å². The fourth-order valence-corrected chi connectivity index (χ4v) is 7.33. The summed E-state index contributed by atoms with van der Waals surface area (Å²) < 4.78 is 39.9. The summed E-state index contributed by atoms with van der Waals surface area (Å²) in [6.07, 6.45) is 0. The number of rotatable bonds is 9. The molecular formula is C29H32N4O5S2. The molecule has 0 N–H and O–H groups in total. The molecule has 0 spiro atoms. The van der Waals surface area contributed by atoms with Gasteiger partial charge in [-0.25, -0.2) is 13.4 Å². The van der Waals surface area contributed by atoms with Gasteiger partial charge in [-0.1, -0.05) is 48.6 Å². The monoisotopic (exact) mass is 580 g/mol. The number of amides is 1. The largest absolute Gasteiger partial charge is 0.495 e. The van der Waals surface area contributed by atoms with E-state index in [0.29, 0.717) is 50.6 Å². The van der Waals surface area contributed by atoms with Gasteiger partial charge in [-0.2, -0.15) is 4.31 Å². The van der Waals surface area contributed by atoms with E-state index < -0.39 is 10.0 Å². The van der Waals surface area contributed by atoms with Crippen molar-refractivity contribution in [3.05, 3.63) is 77.9 Å². The van der Waals surface area contributed by atoms with E-state index in [1.165, 1.54) is 16.4 Å². The van der Waals surface area contributed by atoms with Crippen molar-refractivity contribution in [1.82, 2.24) is 14.2 Å². The van der Waals surface area contributed by atoms with Crippen LogP contribution < -0.4 is 14.4 Å². The highest BCUT2D eigenvalue weighted by molar-refractivity contribution is 7.89. The fraction of sp³-hybridized carbons (Fsp3) is 0.310. The summed E-state index contributed by atoms with van der Waals surface area (Å²) in [4.78, 5) is 22.2. The Kier molecular flexibility index (Phi) is 8.24. The molecule has 0 radical (unpaired) electrons. The number of fused-ring (bicyclic) bond motifs is 1. The van der Waals surface area contributed by atoms with E-state index in [9.17, 15) is 13.2 Å². The lowest BCUT2D eigenvalue weighted by atomic mass is 10.2. The topological polar surface area (TPSA) is 92.3 Å². The van der Waals surface area contributed by atoms with Crippen LogP contribution in [0.4, 0.5) is 5.13 Å². The molecule has 1 aliphatic rings. The highest BCUT2D eigenvalue weighted by Crippen LogP contribution is 2.40. The van der Waals surface area contributed by atoms with Crippen molar-refractivity contribution in [2.24, 2.45) is 0 Å². The SMILES string of the molecule is CCN(Cc1ccccc1)S(=O)(=O)c1ccc(C(=O)N2CCN(c3nc4c(OC)ccc(OC)c4s3)CC2)cc1. The third-order valence-corrected chi connectivity index (χ3v) is 10.1. The summed E-state index contributed by atoms with van der Waals surface area (Å²) in [7, 11) is -0.439. The van der Waals surface area contributed by atoms with Crippen molar-refractivity contribution in [3.63, 3.8) is 0 Å². The minimum atomic E-state index is -3.70. The molecule has 210 valence electrons. The Labute approximate surface area is 238 Å². The second kappa shape index (κ2) is 11.8. The number of ether oxygens (including phenoxy) is 2. The first kappa shape index (κ1) is 27.9. The number of piperazine rings is 1. The number of anilines is 1. The smallest absolute Gasteiger partial charge is 0.253 e. The number of hydrogen-bond acceptors (Lipinski definition) is 8. The zero-order valence-corrected chi connectivity index (χ0v) is 24.4. The van der Waals surface area contributed by atoms with Crippen molar-refractivity contribution < 1.29 is 22.7 Å². The third kappa shape index (κ3) is 5.49. The molecule has 0 atom stereocenters. The van der Waals surface area contributed by atoms with Crippen LogP contribution in [-0.4, -0.2) is 75.5 Å². The summed E-state index contributed by atoms with van der Waals surface area (Å²) in [6.45, 7) is 4.78. The lowest BCUT2D eigenvalue weighted by molar-refractivity contribution is 0.0746. The third-order valence-electron chi connectivity index (χ3n) is 7.03. The molecule has 1 aromatic heterocycles. The van der Waals surface area contributed by atoms with E-state index in [1.54, 1.807) is 42.6 Å². The predicted molar refractivity (Wildman–Crippen MR) is 157 cm³/mol. The predicted octanol–water partition coefficient (Wildman–Crippen LogP) is 4.49. The Balaban J connectivity index is 1.25. The first-order valence-corrected chi connectivity index (χ1v) is 15.3. The molecule has 11 heteroatoms. The molecule has 0 saturated carbocycles. The molecule has 0 unspecified atom stereocenters. The van der Waals surface area contributed by atoms with Gasteiger partial charge in [-0.15, -0.1) is 0 Å². The van der Waals surface area contributed by atoms with Crippen LogP contribution in [0.5, 0.6) is 11.5 Å². The molecule has 1 saturated heterocycles. The van der Waals surface area contributed by atoms with Crippen molar-refractivity contribution in [3.8, 4) is 11.5 Å². The summed E-state index contributed by atoms with van der Waals surface area (Å²) in [6, 6.07) is 19.5. The molecule has 1 fully saturated rings. The van der Waals surface area contributed by atoms with Crippen molar-refractivity contribution in [2.75, 3.05) is 51.8 Å². The lowest BCUT2D eigenvalue weighted by Crippen LogP contribution is -2.48. The van der Waals surface area contributed by atoms with Crippen LogP contribution in [0.15, 0.2) is 71.6 Å². The Hall–Kier alpha value is -3.67. The molecule has 9 nitrogen and oxygen atoms in total. The van der Waals surface area contributed by atoms with Crippen LogP contribution in [0.1, 0.15) is 22.8 Å². The number of thiazole rings is 1. The number of hydrogen-bond donors (Lipinski definition) is 0. The first-order valence-electron chi connectivity index (χ1n) is 13.1. The molecule has 40 heavy (non-hydrogen) atoms. The van der Waals surface area contributed by atoms with Gasteiger partial charge in [0.25, 0.3) is 5.91 Å². The van der Waals surface area contributed by atoms with Gasteiger partial charge in [0.05, 0.1) is 19.1 Å². The summed E-state index contributed by atoms with van der Waals surface area (Å²) in [5.41, 5.74) is 2.15. The van der Waals surface area contributed by atoms with Crippen LogP contribution in [0.25, 0.3) is 10.2 Å². The molecule has 4 aromatic rings. The zero-order valence-electron chi connectivity index (χ0n) is 22.7. The number of sulfonamides is 1. The van der Waals surface area contributed by atoms with E-state index in [-0.39, 0.29) is 10.8 Å². The normalized spacial score (nSPS) is 14.1. The van der Waals surface area contributed by atoms with Gasteiger partial charge in [-0.05, 0) is 42.0 Å². The average molecular weight is 581 g/mol. The van der Waals surface area contributed by atoms with Gasteiger partial charge in [0.1, 0.15) is 21.7 Å². The quantitative estimate of drug-likeness (QED) is 0.288. The van der Waals surface area contributed by atoms with Crippen LogP contribution in [0, 0.1) is 0 Å². The molecule has 5 rings (SSSR count). The number of nitrogens with zero attached hydrogens (tertiary/aromatic N) is 4. The molecule has 3 aromatic carbocycles. The fourth-order valence-electron chi connectivity index (χ4n) is 4.77. The molecule has 0 bridgehead atoms. The van der Waals surface area contributed by atoms with Gasteiger partial charge in [0.2, 0.25) is 10.0 Å². The summed E-state index contributed by atoms with van der Waals surface area (Å²) >= 11 is 1.54. The standard InChI is InChI=1S/C29H32N4O5S2/c1-4-33(20-21-8-6-5-7-9-21)40(35,36)23-12-10-22(11-13-23)28(34)31-16-18-32(19-17-31)29-30-26-24(37-2)14-15-25(38-3)27(26)39-29/h5-15H,4,16-20H2,1-3H3. The number of carbonyl (C=O) groups excluding carboxylic acids is 1. The van der Waals surface area contributed by atoms with E-state index in [0.717, 1.165) is 26.7 Å². The Bertz CT molecular complexity index is 1540. The van der Waals surface area contributed by atoms with Crippen LogP contribution in [-0.2, 0) is 16.6 Å². The average Bonchev–Trinajstić information content (AvgIpc) is 3.45. The van der Waals surface area contributed by atoms with E-state index in [2.05, 4.69) is 4.90 Å². The van der Waals surface area contributed by atoms with Gasteiger partial charge in [0.15, 0.2) is 5.13 Å². The lowest BCUT2D eigenvalue weighted by Gasteiger charge is -2.34. The van der Waals surface area contributed by atoms with Crippen molar-refractivity contribution in [2.45, 2.75) is 18.4 Å². The molecule has 0 aliphatic carbocycles. The number of aromatic nitrogens is 1. The molecule has 2 heterocycles. The molecular weight excluding hydrogens is 548 g/mol. The second-order valence-electron chi connectivity index (χ2n) is 9.36. The Morgan fingerprint density at radius 2 is 1.57 bits per heavy atom. The Morgan fingerprint density at radius 3 is 2.20 bits per heavy atom. The van der Waals surface area contributed by atoms with Crippen molar-refractivity contribution >= 4 is 42.6 Å².